The lowest BCUT2D eigenvalue weighted by molar-refractivity contribution is 0.0184. The molecule has 1 aliphatic heterocycles. The SMILES string of the molecule is CCC(O)C1CCCCN1Cc1ccon1. The van der Waals surface area contributed by atoms with Crippen molar-refractivity contribution in [1.29, 1.82) is 0 Å². The molecule has 1 aromatic heterocycles. The number of rotatable bonds is 4. The van der Waals surface area contributed by atoms with Crippen molar-refractivity contribution < 1.29 is 9.63 Å². The van der Waals surface area contributed by atoms with Gasteiger partial charge in [-0.15, -0.1) is 0 Å². The molecule has 0 radical (unpaired) electrons. The molecule has 16 heavy (non-hydrogen) atoms. The van der Waals surface area contributed by atoms with Gasteiger partial charge in [-0.1, -0.05) is 18.5 Å². The molecule has 1 aliphatic rings. The van der Waals surface area contributed by atoms with Crippen LogP contribution in [0.1, 0.15) is 38.3 Å². The van der Waals surface area contributed by atoms with Crippen molar-refractivity contribution in [1.82, 2.24) is 10.1 Å². The van der Waals surface area contributed by atoms with Gasteiger partial charge in [0.1, 0.15) is 6.26 Å². The van der Waals surface area contributed by atoms with Crippen LogP contribution >= 0.6 is 0 Å². The van der Waals surface area contributed by atoms with Crippen molar-refractivity contribution in [2.24, 2.45) is 0 Å². The summed E-state index contributed by atoms with van der Waals surface area (Å²) in [6, 6.07) is 2.18. The van der Waals surface area contributed by atoms with Gasteiger partial charge in [-0.05, 0) is 25.8 Å². The van der Waals surface area contributed by atoms with Crippen LogP contribution < -0.4 is 0 Å². The van der Waals surface area contributed by atoms with Crippen LogP contribution in [0.5, 0.6) is 0 Å². The van der Waals surface area contributed by atoms with E-state index in [0.717, 1.165) is 31.6 Å². The average Bonchev–Trinajstić information content (AvgIpc) is 2.82. The third kappa shape index (κ3) is 2.62. The first-order chi connectivity index (χ1) is 7.81. The van der Waals surface area contributed by atoms with Crippen LogP contribution in [0.15, 0.2) is 16.9 Å². The van der Waals surface area contributed by atoms with Gasteiger partial charge in [0.25, 0.3) is 0 Å². The maximum Gasteiger partial charge on any atom is 0.124 e. The lowest BCUT2D eigenvalue weighted by atomic mass is 9.96. The van der Waals surface area contributed by atoms with E-state index < -0.39 is 0 Å². The first-order valence-electron chi connectivity index (χ1n) is 6.12. The number of hydrogen-bond acceptors (Lipinski definition) is 4. The highest BCUT2D eigenvalue weighted by molar-refractivity contribution is 4.97. The number of aliphatic hydroxyl groups excluding tert-OH is 1. The Hall–Kier alpha value is -0.870. The number of piperidine rings is 1. The van der Waals surface area contributed by atoms with Crippen molar-refractivity contribution in [2.75, 3.05) is 6.54 Å². The van der Waals surface area contributed by atoms with E-state index in [0.29, 0.717) is 0 Å². The minimum atomic E-state index is -0.216. The van der Waals surface area contributed by atoms with E-state index in [1.165, 1.54) is 12.8 Å². The van der Waals surface area contributed by atoms with Crippen LogP contribution in [0.2, 0.25) is 0 Å². The van der Waals surface area contributed by atoms with E-state index in [1.807, 2.05) is 13.0 Å². The second kappa shape index (κ2) is 5.46. The zero-order valence-electron chi connectivity index (χ0n) is 9.80. The number of hydrogen-bond donors (Lipinski definition) is 1. The standard InChI is InChI=1S/C12H20N2O2/c1-2-12(15)11-5-3-4-7-14(11)9-10-6-8-16-13-10/h6,8,11-12,15H,2-5,7,9H2,1H3. The molecule has 1 fully saturated rings. The molecule has 4 nitrogen and oxygen atoms in total. The Morgan fingerprint density at radius 1 is 1.62 bits per heavy atom. The van der Waals surface area contributed by atoms with Gasteiger partial charge in [-0.2, -0.15) is 0 Å². The van der Waals surface area contributed by atoms with Gasteiger partial charge < -0.3 is 9.63 Å². The van der Waals surface area contributed by atoms with E-state index >= 15 is 0 Å². The highest BCUT2D eigenvalue weighted by Crippen LogP contribution is 2.22. The maximum absolute atomic E-state index is 10.00. The zero-order valence-corrected chi connectivity index (χ0v) is 9.80. The molecule has 0 saturated carbocycles. The normalized spacial score (nSPS) is 24.5. The molecule has 90 valence electrons. The fourth-order valence-corrected chi connectivity index (χ4v) is 2.45. The predicted molar refractivity (Wildman–Crippen MR) is 60.8 cm³/mol. The Balaban J connectivity index is 1.99. The number of nitrogens with zero attached hydrogens (tertiary/aromatic N) is 2. The van der Waals surface area contributed by atoms with Gasteiger partial charge in [0.15, 0.2) is 0 Å². The van der Waals surface area contributed by atoms with Crippen LogP contribution in [0.3, 0.4) is 0 Å². The highest BCUT2D eigenvalue weighted by atomic mass is 16.5. The van der Waals surface area contributed by atoms with Gasteiger partial charge in [0.2, 0.25) is 0 Å². The summed E-state index contributed by atoms with van der Waals surface area (Å²) in [4.78, 5) is 2.33. The molecule has 2 heterocycles. The Morgan fingerprint density at radius 2 is 2.50 bits per heavy atom. The summed E-state index contributed by atoms with van der Waals surface area (Å²) in [5.74, 6) is 0. The Morgan fingerprint density at radius 3 is 3.19 bits per heavy atom. The summed E-state index contributed by atoms with van der Waals surface area (Å²) in [6.07, 6.45) is 5.73. The van der Waals surface area contributed by atoms with Gasteiger partial charge in [-0.25, -0.2) is 0 Å². The largest absolute Gasteiger partial charge is 0.392 e. The number of likely N-dealkylation sites (tertiary alicyclic amines) is 1. The van der Waals surface area contributed by atoms with Crippen molar-refractivity contribution in [2.45, 2.75) is 51.3 Å². The van der Waals surface area contributed by atoms with Crippen molar-refractivity contribution >= 4 is 0 Å². The molecule has 0 amide bonds. The molecular weight excluding hydrogens is 204 g/mol. The summed E-state index contributed by atoms with van der Waals surface area (Å²) < 4.78 is 4.84. The van der Waals surface area contributed by atoms with E-state index in [4.69, 9.17) is 4.52 Å². The second-order valence-electron chi connectivity index (χ2n) is 4.50. The molecule has 1 saturated heterocycles. The van der Waals surface area contributed by atoms with Crippen LogP contribution in [-0.2, 0) is 6.54 Å². The number of aromatic nitrogens is 1. The lowest BCUT2D eigenvalue weighted by Crippen LogP contribution is -2.46. The zero-order chi connectivity index (χ0) is 11.4. The maximum atomic E-state index is 10.00. The molecule has 2 unspecified atom stereocenters. The van der Waals surface area contributed by atoms with Crippen molar-refractivity contribution in [3.8, 4) is 0 Å². The molecule has 2 rings (SSSR count). The average molecular weight is 224 g/mol. The fourth-order valence-electron chi connectivity index (χ4n) is 2.45. The molecule has 0 aromatic carbocycles. The molecule has 1 aromatic rings. The fraction of sp³-hybridized carbons (Fsp3) is 0.750. The minimum absolute atomic E-state index is 0.216. The quantitative estimate of drug-likeness (QED) is 0.847. The first-order valence-corrected chi connectivity index (χ1v) is 6.12. The topological polar surface area (TPSA) is 49.5 Å². The predicted octanol–water partition coefficient (Wildman–Crippen LogP) is 1.80. The molecule has 0 aliphatic carbocycles. The summed E-state index contributed by atoms with van der Waals surface area (Å²) >= 11 is 0. The minimum Gasteiger partial charge on any atom is -0.392 e. The summed E-state index contributed by atoms with van der Waals surface area (Å²) in [5, 5.41) is 13.9. The third-order valence-electron chi connectivity index (χ3n) is 3.38. The first kappa shape index (κ1) is 11.6. The summed E-state index contributed by atoms with van der Waals surface area (Å²) in [6.45, 7) is 3.88. The summed E-state index contributed by atoms with van der Waals surface area (Å²) in [7, 11) is 0. The summed E-state index contributed by atoms with van der Waals surface area (Å²) in [5.41, 5.74) is 0.954. The van der Waals surface area contributed by atoms with E-state index in [-0.39, 0.29) is 12.1 Å². The lowest BCUT2D eigenvalue weighted by Gasteiger charge is -2.37. The van der Waals surface area contributed by atoms with Gasteiger partial charge in [-0.3, -0.25) is 4.90 Å². The Kier molecular flexibility index (Phi) is 3.96. The molecule has 4 heteroatoms. The van der Waals surface area contributed by atoms with E-state index in [2.05, 4.69) is 10.1 Å². The third-order valence-corrected chi connectivity index (χ3v) is 3.38. The molecule has 0 bridgehead atoms. The molecule has 1 N–H and O–H groups in total. The highest BCUT2D eigenvalue weighted by Gasteiger charge is 2.27. The van der Waals surface area contributed by atoms with Gasteiger partial charge >= 0.3 is 0 Å². The van der Waals surface area contributed by atoms with Crippen LogP contribution in [-0.4, -0.2) is 33.9 Å². The van der Waals surface area contributed by atoms with Crippen LogP contribution in [0.4, 0.5) is 0 Å². The second-order valence-corrected chi connectivity index (χ2v) is 4.50. The van der Waals surface area contributed by atoms with Crippen LogP contribution in [0.25, 0.3) is 0 Å². The van der Waals surface area contributed by atoms with E-state index in [1.54, 1.807) is 6.26 Å². The Bertz CT molecular complexity index is 300. The molecular formula is C12H20N2O2. The smallest absolute Gasteiger partial charge is 0.124 e. The monoisotopic (exact) mass is 224 g/mol. The molecule has 0 spiro atoms. The van der Waals surface area contributed by atoms with Crippen LogP contribution in [0, 0.1) is 0 Å². The number of aliphatic hydroxyl groups is 1. The van der Waals surface area contributed by atoms with Gasteiger partial charge in [0, 0.05) is 18.7 Å². The van der Waals surface area contributed by atoms with Gasteiger partial charge in [0.05, 0.1) is 11.8 Å². The van der Waals surface area contributed by atoms with Crippen molar-refractivity contribution in [3.05, 3.63) is 18.0 Å². The Labute approximate surface area is 96.2 Å². The van der Waals surface area contributed by atoms with Crippen molar-refractivity contribution in [3.63, 3.8) is 0 Å². The van der Waals surface area contributed by atoms with E-state index in [9.17, 15) is 5.11 Å². The molecule has 2 atom stereocenters.